The van der Waals surface area contributed by atoms with Crippen LogP contribution in [0.1, 0.15) is 0 Å². The van der Waals surface area contributed by atoms with Gasteiger partial charge >= 0.3 is 6.03 Å². The van der Waals surface area contributed by atoms with E-state index >= 15 is 0 Å². The molecule has 2 fully saturated rings. The van der Waals surface area contributed by atoms with Crippen LogP contribution in [0.25, 0.3) is 11.1 Å². The molecule has 0 spiro atoms. The molecule has 2 aliphatic rings. The molecule has 0 radical (unpaired) electrons. The SMILES string of the molecule is O=C(N1CCN(c2cnccc2-c2ccccc2)CC1)N1CC(F)(F)C1. The summed E-state index contributed by atoms with van der Waals surface area (Å²) in [5, 5.41) is 0. The van der Waals surface area contributed by atoms with Crippen molar-refractivity contribution in [3.63, 3.8) is 0 Å². The fraction of sp³-hybridized carbons (Fsp3) is 0.368. The number of alkyl halides is 2. The van der Waals surface area contributed by atoms with Crippen LogP contribution in [0, 0.1) is 0 Å². The van der Waals surface area contributed by atoms with E-state index < -0.39 is 19.0 Å². The molecule has 0 N–H and O–H groups in total. The minimum Gasteiger partial charge on any atom is -0.366 e. The monoisotopic (exact) mass is 358 g/mol. The van der Waals surface area contributed by atoms with Crippen molar-refractivity contribution >= 4 is 11.7 Å². The van der Waals surface area contributed by atoms with E-state index in [0.717, 1.165) is 16.8 Å². The van der Waals surface area contributed by atoms with Gasteiger partial charge < -0.3 is 14.7 Å². The second-order valence-electron chi connectivity index (χ2n) is 6.73. The van der Waals surface area contributed by atoms with Crippen LogP contribution in [0.4, 0.5) is 19.3 Å². The van der Waals surface area contributed by atoms with Gasteiger partial charge in [0, 0.05) is 37.9 Å². The summed E-state index contributed by atoms with van der Waals surface area (Å²) in [6.45, 7) is 1.41. The molecule has 2 amide bonds. The van der Waals surface area contributed by atoms with Crippen LogP contribution >= 0.6 is 0 Å². The maximum atomic E-state index is 13.0. The normalized spacial score (nSPS) is 19.2. The number of aromatic nitrogens is 1. The summed E-state index contributed by atoms with van der Waals surface area (Å²) in [4.78, 5) is 21.6. The molecule has 0 saturated carbocycles. The minimum atomic E-state index is -2.72. The first-order valence-corrected chi connectivity index (χ1v) is 8.70. The Labute approximate surface area is 150 Å². The summed E-state index contributed by atoms with van der Waals surface area (Å²) >= 11 is 0. The van der Waals surface area contributed by atoms with Crippen molar-refractivity contribution in [3.05, 3.63) is 48.8 Å². The number of rotatable bonds is 2. The van der Waals surface area contributed by atoms with Gasteiger partial charge in [-0.25, -0.2) is 13.6 Å². The Bertz CT molecular complexity index is 783. The summed E-state index contributed by atoms with van der Waals surface area (Å²) in [6.07, 6.45) is 3.62. The van der Waals surface area contributed by atoms with Gasteiger partial charge in [0.15, 0.2) is 0 Å². The fourth-order valence-corrected chi connectivity index (χ4v) is 3.49. The third kappa shape index (κ3) is 3.21. The predicted octanol–water partition coefficient (Wildman–Crippen LogP) is 2.94. The number of hydrogen-bond donors (Lipinski definition) is 0. The molecule has 2 aromatic rings. The number of hydrogen-bond acceptors (Lipinski definition) is 3. The minimum absolute atomic E-state index is 0.287. The summed E-state index contributed by atoms with van der Waals surface area (Å²) in [7, 11) is 0. The van der Waals surface area contributed by atoms with Crippen LogP contribution in [-0.4, -0.2) is 66.0 Å². The maximum absolute atomic E-state index is 13.0. The number of benzene rings is 1. The molecule has 1 aromatic carbocycles. The fourth-order valence-electron chi connectivity index (χ4n) is 3.49. The van der Waals surface area contributed by atoms with Crippen LogP contribution in [0.15, 0.2) is 48.8 Å². The average molecular weight is 358 g/mol. The molecule has 2 saturated heterocycles. The van der Waals surface area contributed by atoms with Crippen molar-refractivity contribution < 1.29 is 13.6 Å². The van der Waals surface area contributed by atoms with Gasteiger partial charge in [-0.15, -0.1) is 0 Å². The van der Waals surface area contributed by atoms with Crippen LogP contribution in [-0.2, 0) is 0 Å². The van der Waals surface area contributed by atoms with Gasteiger partial charge in [-0.1, -0.05) is 30.3 Å². The molecule has 26 heavy (non-hydrogen) atoms. The highest BCUT2D eigenvalue weighted by atomic mass is 19.3. The van der Waals surface area contributed by atoms with Gasteiger partial charge in [-0.3, -0.25) is 4.98 Å². The number of amides is 2. The first-order valence-electron chi connectivity index (χ1n) is 8.70. The predicted molar refractivity (Wildman–Crippen MR) is 95.4 cm³/mol. The quantitative estimate of drug-likeness (QED) is 0.829. The zero-order valence-corrected chi connectivity index (χ0v) is 14.3. The van der Waals surface area contributed by atoms with Gasteiger partial charge in [0.25, 0.3) is 5.92 Å². The lowest BCUT2D eigenvalue weighted by molar-refractivity contribution is -0.114. The van der Waals surface area contributed by atoms with Crippen LogP contribution in [0.2, 0.25) is 0 Å². The third-order valence-corrected chi connectivity index (χ3v) is 4.89. The zero-order valence-electron chi connectivity index (χ0n) is 14.3. The van der Waals surface area contributed by atoms with E-state index in [0.29, 0.717) is 26.2 Å². The molecule has 0 atom stereocenters. The lowest BCUT2D eigenvalue weighted by Crippen LogP contribution is -2.63. The molecule has 0 aliphatic carbocycles. The second kappa shape index (κ2) is 6.55. The van der Waals surface area contributed by atoms with Crippen molar-refractivity contribution in [1.29, 1.82) is 0 Å². The smallest absolute Gasteiger partial charge is 0.320 e. The summed E-state index contributed by atoms with van der Waals surface area (Å²) in [5.41, 5.74) is 3.25. The van der Waals surface area contributed by atoms with Crippen molar-refractivity contribution in [2.24, 2.45) is 0 Å². The zero-order chi connectivity index (χ0) is 18.1. The molecule has 3 heterocycles. The molecule has 1 aromatic heterocycles. The number of anilines is 1. The second-order valence-corrected chi connectivity index (χ2v) is 6.73. The van der Waals surface area contributed by atoms with Crippen molar-refractivity contribution in [2.75, 3.05) is 44.2 Å². The highest BCUT2D eigenvalue weighted by molar-refractivity contribution is 5.79. The number of halogens is 2. The van der Waals surface area contributed by atoms with E-state index in [2.05, 4.69) is 22.0 Å². The highest BCUT2D eigenvalue weighted by Crippen LogP contribution is 2.31. The number of piperazine rings is 1. The molecular weight excluding hydrogens is 338 g/mol. The number of likely N-dealkylation sites (tertiary alicyclic amines) is 1. The van der Waals surface area contributed by atoms with Gasteiger partial charge in [0.2, 0.25) is 0 Å². The number of nitrogens with zero attached hydrogens (tertiary/aromatic N) is 4. The topological polar surface area (TPSA) is 39.7 Å². The lowest BCUT2D eigenvalue weighted by atomic mass is 10.0. The molecule has 7 heteroatoms. The van der Waals surface area contributed by atoms with Crippen molar-refractivity contribution in [2.45, 2.75) is 5.92 Å². The Morgan fingerprint density at radius 1 is 0.962 bits per heavy atom. The van der Waals surface area contributed by atoms with E-state index in [1.54, 1.807) is 11.1 Å². The highest BCUT2D eigenvalue weighted by Gasteiger charge is 2.47. The molecule has 2 aliphatic heterocycles. The summed E-state index contributed by atoms with van der Waals surface area (Å²) in [5.74, 6) is -2.72. The van der Waals surface area contributed by atoms with E-state index in [-0.39, 0.29) is 6.03 Å². The molecular formula is C19H20F2N4O. The molecule has 0 bridgehead atoms. The lowest BCUT2D eigenvalue weighted by Gasteiger charge is -2.44. The van der Waals surface area contributed by atoms with E-state index in [1.165, 1.54) is 4.90 Å². The van der Waals surface area contributed by atoms with E-state index in [1.807, 2.05) is 30.5 Å². The van der Waals surface area contributed by atoms with Crippen molar-refractivity contribution in [3.8, 4) is 11.1 Å². The van der Waals surface area contributed by atoms with Gasteiger partial charge in [0.1, 0.15) is 0 Å². The molecule has 136 valence electrons. The summed E-state index contributed by atoms with van der Waals surface area (Å²) < 4.78 is 26.0. The Hall–Kier alpha value is -2.70. The maximum Gasteiger partial charge on any atom is 0.320 e. The Kier molecular flexibility index (Phi) is 4.22. The molecule has 0 unspecified atom stereocenters. The van der Waals surface area contributed by atoms with Crippen molar-refractivity contribution in [1.82, 2.24) is 14.8 Å². The van der Waals surface area contributed by atoms with E-state index in [9.17, 15) is 13.6 Å². The Morgan fingerprint density at radius 3 is 2.31 bits per heavy atom. The van der Waals surface area contributed by atoms with Crippen LogP contribution in [0.3, 0.4) is 0 Å². The first kappa shape index (κ1) is 16.8. The Morgan fingerprint density at radius 2 is 1.65 bits per heavy atom. The molecule has 5 nitrogen and oxygen atoms in total. The van der Waals surface area contributed by atoms with E-state index in [4.69, 9.17) is 0 Å². The Balaban J connectivity index is 1.44. The van der Waals surface area contributed by atoms with Crippen LogP contribution in [0.5, 0.6) is 0 Å². The van der Waals surface area contributed by atoms with Gasteiger partial charge in [-0.2, -0.15) is 0 Å². The van der Waals surface area contributed by atoms with Gasteiger partial charge in [0.05, 0.1) is 25.0 Å². The average Bonchev–Trinajstić information content (AvgIpc) is 2.66. The number of carbonyl (C=O) groups excluding carboxylic acids is 1. The summed E-state index contributed by atoms with van der Waals surface area (Å²) in [6, 6.07) is 11.8. The standard InChI is InChI=1S/C19H20F2N4O/c20-19(21)13-25(14-19)18(26)24-10-8-23(9-11-24)17-12-22-7-6-16(17)15-4-2-1-3-5-15/h1-7,12H,8-11,13-14H2. The third-order valence-electron chi connectivity index (χ3n) is 4.89. The number of pyridine rings is 1. The van der Waals surface area contributed by atoms with Gasteiger partial charge in [-0.05, 0) is 11.6 Å². The largest absolute Gasteiger partial charge is 0.366 e. The first-order chi connectivity index (χ1) is 12.5. The molecule has 4 rings (SSSR count). The van der Waals surface area contributed by atoms with Crippen LogP contribution < -0.4 is 4.90 Å². The number of urea groups is 1. The number of carbonyl (C=O) groups is 1.